The van der Waals surface area contributed by atoms with Crippen molar-refractivity contribution < 1.29 is 19.0 Å². The van der Waals surface area contributed by atoms with Crippen LogP contribution in [0.15, 0.2) is 18.2 Å². The lowest BCUT2D eigenvalue weighted by molar-refractivity contribution is -0.151. The van der Waals surface area contributed by atoms with Gasteiger partial charge in [0.1, 0.15) is 5.75 Å². The van der Waals surface area contributed by atoms with Crippen LogP contribution in [-0.4, -0.2) is 23.9 Å². The van der Waals surface area contributed by atoms with Crippen LogP contribution in [0.1, 0.15) is 17.5 Å². The largest absolute Gasteiger partial charge is 0.496 e. The van der Waals surface area contributed by atoms with Gasteiger partial charge in [0.15, 0.2) is 0 Å². The fourth-order valence-corrected chi connectivity index (χ4v) is 2.12. The Morgan fingerprint density at radius 2 is 2.31 bits per heavy atom. The molecule has 0 radical (unpaired) electrons. The van der Waals surface area contributed by atoms with Gasteiger partial charge >= 0.3 is 5.97 Å². The average molecular weight is 224 g/mol. The molecule has 0 saturated heterocycles. The maximum atomic E-state index is 14.0. The van der Waals surface area contributed by atoms with E-state index in [1.54, 1.807) is 6.07 Å². The summed E-state index contributed by atoms with van der Waals surface area (Å²) in [6.07, 6.45) is 0.361. The van der Waals surface area contributed by atoms with E-state index in [1.807, 2.05) is 12.1 Å². The van der Waals surface area contributed by atoms with Crippen LogP contribution < -0.4 is 4.74 Å². The van der Waals surface area contributed by atoms with Crippen LogP contribution in [0.2, 0.25) is 0 Å². The molecule has 0 aromatic heterocycles. The predicted octanol–water partition coefficient (Wildman–Crippen LogP) is 1.98. The number of methoxy groups -OCH3 is 1. The van der Waals surface area contributed by atoms with E-state index in [-0.39, 0.29) is 12.8 Å². The van der Waals surface area contributed by atoms with Gasteiger partial charge in [0.25, 0.3) is 0 Å². The highest BCUT2D eigenvalue weighted by atomic mass is 19.1. The zero-order valence-corrected chi connectivity index (χ0v) is 9.00. The number of carboxylic acid groups (broad SMARTS) is 1. The van der Waals surface area contributed by atoms with Crippen LogP contribution in [-0.2, 0) is 17.6 Å². The molecule has 3 nitrogen and oxygen atoms in total. The second-order valence-electron chi connectivity index (χ2n) is 4.05. The van der Waals surface area contributed by atoms with Crippen molar-refractivity contribution in [2.75, 3.05) is 7.11 Å². The molecule has 0 amide bonds. The summed E-state index contributed by atoms with van der Waals surface area (Å²) in [4.78, 5) is 10.9. The van der Waals surface area contributed by atoms with Crippen LogP contribution in [0.25, 0.3) is 0 Å². The second kappa shape index (κ2) is 3.77. The Hall–Kier alpha value is -1.58. The smallest absolute Gasteiger partial charge is 0.341 e. The fourth-order valence-electron chi connectivity index (χ4n) is 2.12. The first-order valence-corrected chi connectivity index (χ1v) is 5.14. The molecule has 0 heterocycles. The number of ether oxygens (including phenoxy) is 1. The molecule has 1 aliphatic carbocycles. The second-order valence-corrected chi connectivity index (χ2v) is 4.05. The lowest BCUT2D eigenvalue weighted by Gasteiger charge is -2.28. The summed E-state index contributed by atoms with van der Waals surface area (Å²) in [5.41, 5.74) is -0.489. The van der Waals surface area contributed by atoms with Gasteiger partial charge in [-0.25, -0.2) is 9.18 Å². The summed E-state index contributed by atoms with van der Waals surface area (Å²) in [7, 11) is 1.50. The van der Waals surface area contributed by atoms with Crippen LogP contribution in [0.5, 0.6) is 5.75 Å². The Morgan fingerprint density at radius 1 is 1.56 bits per heavy atom. The van der Waals surface area contributed by atoms with Crippen molar-refractivity contribution >= 4 is 5.97 Å². The Morgan fingerprint density at radius 3 is 2.94 bits per heavy atom. The van der Waals surface area contributed by atoms with Crippen molar-refractivity contribution in [1.82, 2.24) is 0 Å². The first-order chi connectivity index (χ1) is 7.57. The number of benzene rings is 1. The maximum absolute atomic E-state index is 14.0. The van der Waals surface area contributed by atoms with E-state index in [4.69, 9.17) is 9.84 Å². The molecule has 0 fully saturated rings. The zero-order valence-electron chi connectivity index (χ0n) is 9.00. The molecular formula is C12H13FO3. The number of alkyl halides is 1. The van der Waals surface area contributed by atoms with Gasteiger partial charge in [-0.2, -0.15) is 0 Å². The lowest BCUT2D eigenvalue weighted by atomic mass is 9.81. The first-order valence-electron chi connectivity index (χ1n) is 5.14. The van der Waals surface area contributed by atoms with Gasteiger partial charge in [0.05, 0.1) is 7.11 Å². The minimum absolute atomic E-state index is 0.0303. The van der Waals surface area contributed by atoms with Gasteiger partial charge in [-0.1, -0.05) is 12.1 Å². The molecule has 0 bridgehead atoms. The number of hydrogen-bond acceptors (Lipinski definition) is 2. The molecule has 86 valence electrons. The summed E-state index contributed by atoms with van der Waals surface area (Å²) in [6.45, 7) is 0. The molecule has 1 N–H and O–H groups in total. The molecule has 1 aromatic carbocycles. The monoisotopic (exact) mass is 224 g/mol. The van der Waals surface area contributed by atoms with Gasteiger partial charge in [0, 0.05) is 12.0 Å². The number of aliphatic carboxylic acids is 1. The molecule has 0 spiro atoms. The molecular weight excluding hydrogens is 211 g/mol. The van der Waals surface area contributed by atoms with E-state index in [9.17, 15) is 9.18 Å². The molecule has 1 unspecified atom stereocenters. The molecule has 1 aliphatic rings. The number of carboxylic acids is 1. The van der Waals surface area contributed by atoms with Crippen molar-refractivity contribution in [3.05, 3.63) is 29.3 Å². The van der Waals surface area contributed by atoms with Gasteiger partial charge in [-0.05, 0) is 24.5 Å². The summed E-state index contributed by atoms with van der Waals surface area (Å²) < 4.78 is 19.2. The minimum Gasteiger partial charge on any atom is -0.496 e. The van der Waals surface area contributed by atoms with E-state index < -0.39 is 11.6 Å². The molecule has 4 heteroatoms. The van der Waals surface area contributed by atoms with Crippen molar-refractivity contribution in [3.63, 3.8) is 0 Å². The first kappa shape index (κ1) is 10.9. The van der Waals surface area contributed by atoms with Crippen LogP contribution >= 0.6 is 0 Å². The normalized spacial score (nSPS) is 23.6. The summed E-state index contributed by atoms with van der Waals surface area (Å²) >= 11 is 0. The Balaban J connectivity index is 2.42. The zero-order chi connectivity index (χ0) is 11.8. The van der Waals surface area contributed by atoms with Crippen molar-refractivity contribution in [2.24, 2.45) is 0 Å². The Labute approximate surface area is 92.9 Å². The van der Waals surface area contributed by atoms with Crippen molar-refractivity contribution in [1.29, 1.82) is 0 Å². The van der Waals surface area contributed by atoms with Crippen molar-refractivity contribution in [3.8, 4) is 5.75 Å². The summed E-state index contributed by atoms with van der Waals surface area (Å²) in [5, 5.41) is 8.87. The van der Waals surface area contributed by atoms with Gasteiger partial charge in [0.2, 0.25) is 5.67 Å². The fraction of sp³-hybridized carbons (Fsp3) is 0.417. The van der Waals surface area contributed by atoms with Gasteiger partial charge in [-0.15, -0.1) is 0 Å². The maximum Gasteiger partial charge on any atom is 0.341 e. The molecule has 16 heavy (non-hydrogen) atoms. The SMILES string of the molecule is COc1cccc2c1CC(F)(C(=O)O)CC2. The van der Waals surface area contributed by atoms with Crippen molar-refractivity contribution in [2.45, 2.75) is 24.9 Å². The van der Waals surface area contributed by atoms with Gasteiger partial charge in [-0.3, -0.25) is 0 Å². The molecule has 1 aromatic rings. The molecule has 2 rings (SSSR count). The van der Waals surface area contributed by atoms with Crippen LogP contribution in [0.4, 0.5) is 4.39 Å². The third kappa shape index (κ3) is 1.64. The highest BCUT2D eigenvalue weighted by molar-refractivity contribution is 5.78. The minimum atomic E-state index is -2.15. The average Bonchev–Trinajstić information content (AvgIpc) is 2.28. The molecule has 0 aliphatic heterocycles. The van der Waals surface area contributed by atoms with E-state index >= 15 is 0 Å². The van der Waals surface area contributed by atoms with Crippen LogP contribution in [0, 0.1) is 0 Å². The standard InChI is InChI=1S/C12H13FO3/c1-16-10-4-2-3-8-5-6-12(13,11(14)15)7-9(8)10/h2-4H,5-7H2,1H3,(H,14,15). The number of fused-ring (bicyclic) bond motifs is 1. The number of carbonyl (C=O) groups is 1. The number of hydrogen-bond donors (Lipinski definition) is 1. The number of aryl methyl sites for hydroxylation is 1. The van der Waals surface area contributed by atoms with E-state index in [0.29, 0.717) is 17.7 Å². The highest BCUT2D eigenvalue weighted by Crippen LogP contribution is 2.36. The predicted molar refractivity (Wildman–Crippen MR) is 56.5 cm³/mol. The number of rotatable bonds is 2. The topological polar surface area (TPSA) is 46.5 Å². The molecule has 0 saturated carbocycles. The Bertz CT molecular complexity index is 416. The van der Waals surface area contributed by atoms with Crippen LogP contribution in [0.3, 0.4) is 0 Å². The van der Waals surface area contributed by atoms with E-state index in [2.05, 4.69) is 0 Å². The quantitative estimate of drug-likeness (QED) is 0.835. The lowest BCUT2D eigenvalue weighted by Crippen LogP contribution is -2.39. The number of halogens is 1. The van der Waals surface area contributed by atoms with Gasteiger partial charge < -0.3 is 9.84 Å². The third-order valence-corrected chi connectivity index (χ3v) is 3.08. The Kier molecular flexibility index (Phi) is 2.58. The summed E-state index contributed by atoms with van der Waals surface area (Å²) in [6, 6.07) is 5.45. The summed E-state index contributed by atoms with van der Waals surface area (Å²) in [5.74, 6) is -0.815. The van der Waals surface area contributed by atoms with E-state index in [0.717, 1.165) is 5.56 Å². The third-order valence-electron chi connectivity index (χ3n) is 3.08. The highest BCUT2D eigenvalue weighted by Gasteiger charge is 2.42. The molecule has 1 atom stereocenters. The van der Waals surface area contributed by atoms with E-state index in [1.165, 1.54) is 7.11 Å².